The van der Waals surface area contributed by atoms with E-state index in [4.69, 9.17) is 9.47 Å². The van der Waals surface area contributed by atoms with Crippen LogP contribution in [0.2, 0.25) is 0 Å². The van der Waals surface area contributed by atoms with E-state index in [-0.39, 0.29) is 5.97 Å². The summed E-state index contributed by atoms with van der Waals surface area (Å²) in [5.41, 5.74) is 0.375. The van der Waals surface area contributed by atoms with Crippen molar-refractivity contribution in [3.8, 4) is 0 Å². The van der Waals surface area contributed by atoms with Crippen molar-refractivity contribution in [3.63, 3.8) is 0 Å². The van der Waals surface area contributed by atoms with Crippen molar-refractivity contribution in [3.05, 3.63) is 23.9 Å². The van der Waals surface area contributed by atoms with Crippen LogP contribution in [0, 0.1) is 5.92 Å². The standard InChI is InChI=1S/C17H25N3O3/c1-22-17(21)15-5-2-6-16(18-15)20-7-3-4-14(13-20)12-19-8-10-23-11-9-19/h2,5-6,14H,3-4,7-13H2,1H3/t14-/m1/s1. The highest BCUT2D eigenvalue weighted by molar-refractivity contribution is 5.87. The van der Waals surface area contributed by atoms with Crippen LogP contribution in [0.5, 0.6) is 0 Å². The van der Waals surface area contributed by atoms with E-state index in [2.05, 4.69) is 14.8 Å². The Kier molecular flexibility index (Phi) is 5.46. The average molecular weight is 319 g/mol. The van der Waals surface area contributed by atoms with Crippen molar-refractivity contribution < 1.29 is 14.3 Å². The molecule has 1 atom stereocenters. The van der Waals surface area contributed by atoms with Gasteiger partial charge in [0.2, 0.25) is 0 Å². The second-order valence-electron chi connectivity index (χ2n) is 6.24. The number of carbonyl (C=O) groups is 1. The zero-order valence-corrected chi connectivity index (χ0v) is 13.7. The fourth-order valence-electron chi connectivity index (χ4n) is 3.39. The van der Waals surface area contributed by atoms with E-state index in [9.17, 15) is 4.79 Å². The molecule has 2 fully saturated rings. The van der Waals surface area contributed by atoms with E-state index in [0.29, 0.717) is 11.6 Å². The third-order valence-electron chi connectivity index (χ3n) is 4.59. The Morgan fingerprint density at radius 2 is 2.17 bits per heavy atom. The second kappa shape index (κ2) is 7.75. The molecule has 0 aromatic carbocycles. The van der Waals surface area contributed by atoms with Crippen LogP contribution in [0.4, 0.5) is 5.82 Å². The number of esters is 1. The lowest BCUT2D eigenvalue weighted by Gasteiger charge is -2.37. The number of rotatable bonds is 4. The molecule has 126 valence electrons. The smallest absolute Gasteiger partial charge is 0.356 e. The summed E-state index contributed by atoms with van der Waals surface area (Å²) in [5, 5.41) is 0. The van der Waals surface area contributed by atoms with Crippen LogP contribution >= 0.6 is 0 Å². The molecular weight excluding hydrogens is 294 g/mol. The van der Waals surface area contributed by atoms with Crippen LogP contribution in [0.15, 0.2) is 18.2 Å². The van der Waals surface area contributed by atoms with Crippen LogP contribution < -0.4 is 4.90 Å². The first kappa shape index (κ1) is 16.2. The maximum atomic E-state index is 11.7. The quantitative estimate of drug-likeness (QED) is 0.782. The number of aromatic nitrogens is 1. The molecule has 23 heavy (non-hydrogen) atoms. The summed E-state index contributed by atoms with van der Waals surface area (Å²) in [4.78, 5) is 20.9. The van der Waals surface area contributed by atoms with Gasteiger partial charge in [0.15, 0.2) is 5.69 Å². The highest BCUT2D eigenvalue weighted by Gasteiger charge is 2.24. The predicted octanol–water partition coefficient (Wildman–Crippen LogP) is 1.42. The van der Waals surface area contributed by atoms with Crippen molar-refractivity contribution >= 4 is 11.8 Å². The van der Waals surface area contributed by atoms with E-state index < -0.39 is 0 Å². The van der Waals surface area contributed by atoms with Gasteiger partial charge in [0, 0.05) is 32.7 Å². The summed E-state index contributed by atoms with van der Waals surface area (Å²) < 4.78 is 10.2. The fraction of sp³-hybridized carbons (Fsp3) is 0.647. The monoisotopic (exact) mass is 319 g/mol. The lowest BCUT2D eigenvalue weighted by atomic mass is 9.97. The summed E-state index contributed by atoms with van der Waals surface area (Å²) in [6.45, 7) is 6.88. The summed E-state index contributed by atoms with van der Waals surface area (Å²) in [6.07, 6.45) is 2.42. The van der Waals surface area contributed by atoms with Gasteiger partial charge in [0.25, 0.3) is 0 Å². The van der Waals surface area contributed by atoms with E-state index >= 15 is 0 Å². The largest absolute Gasteiger partial charge is 0.464 e. The normalized spacial score (nSPS) is 22.8. The van der Waals surface area contributed by atoms with Gasteiger partial charge in [0.1, 0.15) is 5.82 Å². The molecule has 6 nitrogen and oxygen atoms in total. The molecule has 0 aliphatic carbocycles. The minimum Gasteiger partial charge on any atom is -0.464 e. The van der Waals surface area contributed by atoms with Crippen molar-refractivity contribution in [1.29, 1.82) is 0 Å². The molecule has 0 radical (unpaired) electrons. The first-order chi connectivity index (χ1) is 11.3. The topological polar surface area (TPSA) is 54.9 Å². The minimum absolute atomic E-state index is 0.375. The molecule has 0 spiro atoms. The molecule has 0 amide bonds. The summed E-state index contributed by atoms with van der Waals surface area (Å²) in [5.74, 6) is 1.14. The zero-order chi connectivity index (χ0) is 16.1. The fourth-order valence-corrected chi connectivity index (χ4v) is 3.39. The van der Waals surface area contributed by atoms with Crippen LogP contribution in [0.25, 0.3) is 0 Å². The van der Waals surface area contributed by atoms with Gasteiger partial charge in [-0.1, -0.05) is 6.07 Å². The SMILES string of the molecule is COC(=O)c1cccc(N2CCC[C@H](CN3CCOCC3)C2)n1. The van der Waals surface area contributed by atoms with Crippen LogP contribution in [-0.4, -0.2) is 68.9 Å². The number of pyridine rings is 1. The maximum absolute atomic E-state index is 11.7. The van der Waals surface area contributed by atoms with Gasteiger partial charge in [-0.3, -0.25) is 4.90 Å². The van der Waals surface area contributed by atoms with Crippen LogP contribution in [0.3, 0.4) is 0 Å². The Balaban J connectivity index is 1.62. The summed E-state index contributed by atoms with van der Waals surface area (Å²) in [6, 6.07) is 5.55. The van der Waals surface area contributed by atoms with Gasteiger partial charge in [-0.25, -0.2) is 9.78 Å². The molecule has 0 unspecified atom stereocenters. The molecule has 3 heterocycles. The van der Waals surface area contributed by atoms with Gasteiger partial charge < -0.3 is 14.4 Å². The van der Waals surface area contributed by atoms with E-state index in [1.807, 2.05) is 12.1 Å². The number of hydrogen-bond acceptors (Lipinski definition) is 6. The highest BCUT2D eigenvalue weighted by Crippen LogP contribution is 2.23. The average Bonchev–Trinajstić information content (AvgIpc) is 2.62. The van der Waals surface area contributed by atoms with Gasteiger partial charge in [-0.05, 0) is 30.9 Å². The number of nitrogens with zero attached hydrogens (tertiary/aromatic N) is 3. The van der Waals surface area contributed by atoms with Gasteiger partial charge in [-0.2, -0.15) is 0 Å². The molecule has 6 heteroatoms. The molecular formula is C17H25N3O3. The molecule has 2 saturated heterocycles. The number of anilines is 1. The predicted molar refractivity (Wildman–Crippen MR) is 87.8 cm³/mol. The molecule has 0 saturated carbocycles. The number of piperidine rings is 1. The third-order valence-corrected chi connectivity index (χ3v) is 4.59. The Morgan fingerprint density at radius 3 is 2.96 bits per heavy atom. The van der Waals surface area contributed by atoms with Gasteiger partial charge >= 0.3 is 5.97 Å². The molecule has 0 N–H and O–H groups in total. The number of carbonyl (C=O) groups excluding carboxylic acids is 1. The Labute approximate surface area is 137 Å². The molecule has 2 aliphatic rings. The van der Waals surface area contributed by atoms with E-state index in [1.165, 1.54) is 20.0 Å². The first-order valence-corrected chi connectivity index (χ1v) is 8.36. The maximum Gasteiger partial charge on any atom is 0.356 e. The van der Waals surface area contributed by atoms with Crippen molar-refractivity contribution in [2.75, 3.05) is 57.9 Å². The van der Waals surface area contributed by atoms with Crippen molar-refractivity contribution in [2.24, 2.45) is 5.92 Å². The molecule has 1 aromatic heterocycles. The molecule has 3 rings (SSSR count). The van der Waals surface area contributed by atoms with Crippen molar-refractivity contribution in [1.82, 2.24) is 9.88 Å². The Hall–Kier alpha value is -1.66. The third kappa shape index (κ3) is 4.20. The lowest BCUT2D eigenvalue weighted by molar-refractivity contribution is 0.0296. The van der Waals surface area contributed by atoms with Crippen LogP contribution in [0.1, 0.15) is 23.3 Å². The second-order valence-corrected chi connectivity index (χ2v) is 6.24. The first-order valence-electron chi connectivity index (χ1n) is 8.36. The number of ether oxygens (including phenoxy) is 2. The Morgan fingerprint density at radius 1 is 1.35 bits per heavy atom. The summed E-state index contributed by atoms with van der Waals surface area (Å²) in [7, 11) is 1.38. The molecule has 1 aromatic rings. The van der Waals surface area contributed by atoms with Crippen molar-refractivity contribution in [2.45, 2.75) is 12.8 Å². The van der Waals surface area contributed by atoms with Gasteiger partial charge in [0.05, 0.1) is 20.3 Å². The van der Waals surface area contributed by atoms with E-state index in [1.54, 1.807) is 6.07 Å². The van der Waals surface area contributed by atoms with E-state index in [0.717, 1.165) is 51.8 Å². The Bertz CT molecular complexity index is 532. The number of hydrogen-bond donors (Lipinski definition) is 0. The number of morpholine rings is 1. The highest BCUT2D eigenvalue weighted by atomic mass is 16.5. The molecule has 2 aliphatic heterocycles. The zero-order valence-electron chi connectivity index (χ0n) is 13.7. The summed E-state index contributed by atoms with van der Waals surface area (Å²) >= 11 is 0. The minimum atomic E-state index is -0.381. The van der Waals surface area contributed by atoms with Gasteiger partial charge in [-0.15, -0.1) is 0 Å². The molecule has 0 bridgehead atoms. The number of methoxy groups -OCH3 is 1. The lowest BCUT2D eigenvalue weighted by Crippen LogP contribution is -2.44. The van der Waals surface area contributed by atoms with Crippen LogP contribution in [-0.2, 0) is 9.47 Å².